The summed E-state index contributed by atoms with van der Waals surface area (Å²) in [4.78, 5) is 38.1. The lowest BCUT2D eigenvalue weighted by molar-refractivity contribution is -0.137. The van der Waals surface area contributed by atoms with Crippen LogP contribution < -0.4 is 10.1 Å². The SMILES string of the molecule is CC(C)Cc1ccc(C(Oc2ccc(C(=O)c3cn(CCCC(=O)O)c4ccccc34)cc2)C(=O)Nc2ccccc2)cc1. The van der Waals surface area contributed by atoms with Crippen molar-refractivity contribution in [3.05, 3.63) is 132 Å². The van der Waals surface area contributed by atoms with E-state index in [1.807, 2.05) is 83.4 Å². The van der Waals surface area contributed by atoms with E-state index < -0.39 is 12.1 Å². The molecule has 0 aliphatic carbocycles. The molecule has 7 nitrogen and oxygen atoms in total. The van der Waals surface area contributed by atoms with Crippen molar-refractivity contribution < 1.29 is 24.2 Å². The molecular weight excluding hydrogens is 552 g/mol. The number of aryl methyl sites for hydroxylation is 1. The number of benzene rings is 4. The van der Waals surface area contributed by atoms with Gasteiger partial charge in [0.05, 0.1) is 0 Å². The molecule has 5 rings (SSSR count). The van der Waals surface area contributed by atoms with Gasteiger partial charge in [-0.05, 0) is 66.8 Å². The zero-order valence-corrected chi connectivity index (χ0v) is 24.9. The van der Waals surface area contributed by atoms with Gasteiger partial charge in [0.25, 0.3) is 5.91 Å². The van der Waals surface area contributed by atoms with E-state index in [4.69, 9.17) is 9.84 Å². The lowest BCUT2D eigenvalue weighted by Crippen LogP contribution is -2.25. The summed E-state index contributed by atoms with van der Waals surface area (Å²) in [5.41, 5.74) is 4.50. The molecule has 1 atom stereocenters. The third-order valence-electron chi connectivity index (χ3n) is 7.40. The van der Waals surface area contributed by atoms with Gasteiger partial charge in [0.1, 0.15) is 5.75 Å². The Kier molecular flexibility index (Phi) is 9.55. The Morgan fingerprint density at radius 2 is 1.52 bits per heavy atom. The van der Waals surface area contributed by atoms with E-state index in [-0.39, 0.29) is 18.1 Å². The quantitative estimate of drug-likeness (QED) is 0.137. The highest BCUT2D eigenvalue weighted by atomic mass is 16.5. The summed E-state index contributed by atoms with van der Waals surface area (Å²) in [5, 5.41) is 12.8. The van der Waals surface area contributed by atoms with Crippen LogP contribution in [0.5, 0.6) is 5.75 Å². The number of anilines is 1. The lowest BCUT2D eigenvalue weighted by Gasteiger charge is -2.20. The first kappa shape index (κ1) is 30.3. The van der Waals surface area contributed by atoms with Gasteiger partial charge in [-0.3, -0.25) is 14.4 Å². The van der Waals surface area contributed by atoms with E-state index >= 15 is 0 Å². The number of aromatic nitrogens is 1. The molecule has 1 amide bonds. The molecule has 0 aliphatic rings. The lowest BCUT2D eigenvalue weighted by atomic mass is 10.00. The molecule has 224 valence electrons. The molecular formula is C37H36N2O5. The van der Waals surface area contributed by atoms with E-state index in [0.717, 1.165) is 22.9 Å². The number of nitrogens with zero attached hydrogens (tertiary/aromatic N) is 1. The van der Waals surface area contributed by atoms with Crippen LogP contribution in [-0.2, 0) is 22.6 Å². The topological polar surface area (TPSA) is 97.6 Å². The predicted octanol–water partition coefficient (Wildman–Crippen LogP) is 7.69. The standard InChI is InChI=1S/C37H36N2O5/c1-25(2)23-26-14-16-28(17-15-26)36(37(43)38-29-9-4-3-5-10-29)44-30-20-18-27(19-21-30)35(42)32-24-39(22-8-13-34(40)41)33-12-7-6-11-31(32)33/h3-7,9-12,14-21,24-25,36H,8,13,22-23H2,1-2H3,(H,38,43)(H,40,41). The Labute approximate surface area is 257 Å². The van der Waals surface area contributed by atoms with Crippen molar-refractivity contribution in [2.45, 2.75) is 45.8 Å². The molecule has 0 aliphatic heterocycles. The highest BCUT2D eigenvalue weighted by molar-refractivity contribution is 6.16. The fourth-order valence-corrected chi connectivity index (χ4v) is 5.29. The first-order valence-corrected chi connectivity index (χ1v) is 14.8. The molecule has 4 aromatic carbocycles. The summed E-state index contributed by atoms with van der Waals surface area (Å²) >= 11 is 0. The summed E-state index contributed by atoms with van der Waals surface area (Å²) in [6, 6.07) is 31.6. The molecule has 1 unspecified atom stereocenters. The molecule has 5 aromatic rings. The Bertz CT molecular complexity index is 1740. The Balaban J connectivity index is 1.37. The molecule has 0 saturated heterocycles. The van der Waals surface area contributed by atoms with Crippen molar-refractivity contribution in [2.75, 3.05) is 5.32 Å². The van der Waals surface area contributed by atoms with E-state index in [1.54, 1.807) is 30.5 Å². The van der Waals surface area contributed by atoms with Gasteiger partial charge in [0.15, 0.2) is 5.78 Å². The number of carboxylic acids is 1. The first-order valence-electron chi connectivity index (χ1n) is 14.8. The number of rotatable bonds is 13. The first-order chi connectivity index (χ1) is 21.3. The maximum atomic E-state index is 13.6. The minimum atomic E-state index is -0.909. The van der Waals surface area contributed by atoms with E-state index in [9.17, 15) is 14.4 Å². The predicted molar refractivity (Wildman–Crippen MR) is 172 cm³/mol. The van der Waals surface area contributed by atoms with Crippen LogP contribution >= 0.6 is 0 Å². The molecule has 0 radical (unpaired) electrons. The smallest absolute Gasteiger partial charge is 0.303 e. The number of carboxylic acid groups (broad SMARTS) is 1. The number of para-hydroxylation sites is 2. The minimum absolute atomic E-state index is 0.0592. The van der Waals surface area contributed by atoms with Gasteiger partial charge >= 0.3 is 5.97 Å². The monoisotopic (exact) mass is 588 g/mol. The van der Waals surface area contributed by atoms with Gasteiger partial charge in [-0.15, -0.1) is 0 Å². The number of hydrogen-bond acceptors (Lipinski definition) is 4. The molecule has 2 N–H and O–H groups in total. The Morgan fingerprint density at radius 3 is 2.20 bits per heavy atom. The van der Waals surface area contributed by atoms with Crippen molar-refractivity contribution in [1.29, 1.82) is 0 Å². The van der Waals surface area contributed by atoms with Crippen LogP contribution in [0.2, 0.25) is 0 Å². The number of carbonyl (C=O) groups is 3. The van der Waals surface area contributed by atoms with Gasteiger partial charge in [0, 0.05) is 52.4 Å². The summed E-state index contributed by atoms with van der Waals surface area (Å²) in [7, 11) is 0. The summed E-state index contributed by atoms with van der Waals surface area (Å²) in [6.07, 6.45) is 2.36. The van der Waals surface area contributed by atoms with Gasteiger partial charge < -0.3 is 19.7 Å². The zero-order valence-electron chi connectivity index (χ0n) is 24.9. The van der Waals surface area contributed by atoms with E-state index in [2.05, 4.69) is 19.2 Å². The number of fused-ring (bicyclic) bond motifs is 1. The van der Waals surface area contributed by atoms with Crippen molar-refractivity contribution in [2.24, 2.45) is 5.92 Å². The number of nitrogens with one attached hydrogen (secondary N) is 1. The van der Waals surface area contributed by atoms with Crippen molar-refractivity contribution in [3.8, 4) is 5.75 Å². The van der Waals surface area contributed by atoms with Gasteiger partial charge in [-0.25, -0.2) is 0 Å². The van der Waals surface area contributed by atoms with Crippen molar-refractivity contribution in [3.63, 3.8) is 0 Å². The zero-order chi connectivity index (χ0) is 31.1. The third kappa shape index (κ3) is 7.42. The molecule has 7 heteroatoms. The number of aliphatic carboxylic acids is 1. The van der Waals surface area contributed by atoms with E-state index in [0.29, 0.717) is 41.4 Å². The van der Waals surface area contributed by atoms with E-state index in [1.165, 1.54) is 5.56 Å². The highest BCUT2D eigenvalue weighted by Gasteiger charge is 2.24. The van der Waals surface area contributed by atoms with Crippen LogP contribution in [0.3, 0.4) is 0 Å². The number of hydrogen-bond donors (Lipinski definition) is 2. The third-order valence-corrected chi connectivity index (χ3v) is 7.40. The fraction of sp³-hybridized carbons (Fsp3) is 0.216. The number of ketones is 1. The number of carbonyl (C=O) groups excluding carboxylic acids is 2. The molecule has 1 aromatic heterocycles. The highest BCUT2D eigenvalue weighted by Crippen LogP contribution is 2.28. The molecule has 0 saturated carbocycles. The largest absolute Gasteiger partial charge is 0.481 e. The summed E-state index contributed by atoms with van der Waals surface area (Å²) in [6.45, 7) is 4.84. The van der Waals surface area contributed by atoms with Crippen LogP contribution in [0.25, 0.3) is 10.9 Å². The molecule has 1 heterocycles. The summed E-state index contributed by atoms with van der Waals surface area (Å²) in [5.74, 6) is -0.323. The average molecular weight is 589 g/mol. The van der Waals surface area contributed by atoms with Crippen LogP contribution in [0.15, 0.2) is 109 Å². The second-order valence-electron chi connectivity index (χ2n) is 11.3. The minimum Gasteiger partial charge on any atom is -0.481 e. The maximum absolute atomic E-state index is 13.6. The Hall–Kier alpha value is -5.17. The molecule has 0 bridgehead atoms. The second-order valence-corrected chi connectivity index (χ2v) is 11.3. The van der Waals surface area contributed by atoms with Crippen molar-refractivity contribution >= 4 is 34.3 Å². The summed E-state index contributed by atoms with van der Waals surface area (Å²) < 4.78 is 8.19. The second kappa shape index (κ2) is 13.9. The van der Waals surface area contributed by atoms with Crippen LogP contribution in [0, 0.1) is 5.92 Å². The average Bonchev–Trinajstić information content (AvgIpc) is 3.39. The van der Waals surface area contributed by atoms with Crippen LogP contribution in [-0.4, -0.2) is 27.3 Å². The number of amides is 1. The van der Waals surface area contributed by atoms with Crippen LogP contribution in [0.1, 0.15) is 59.8 Å². The van der Waals surface area contributed by atoms with Crippen molar-refractivity contribution in [1.82, 2.24) is 4.57 Å². The maximum Gasteiger partial charge on any atom is 0.303 e. The molecule has 0 fully saturated rings. The normalized spacial score (nSPS) is 11.8. The van der Waals surface area contributed by atoms with Gasteiger partial charge in [-0.2, -0.15) is 0 Å². The van der Waals surface area contributed by atoms with Gasteiger partial charge in [0.2, 0.25) is 6.10 Å². The molecule has 0 spiro atoms. The fourth-order valence-electron chi connectivity index (χ4n) is 5.29. The van der Waals surface area contributed by atoms with Gasteiger partial charge in [-0.1, -0.05) is 74.5 Å². The Morgan fingerprint density at radius 1 is 0.841 bits per heavy atom. The molecule has 44 heavy (non-hydrogen) atoms. The van der Waals surface area contributed by atoms with Crippen LogP contribution in [0.4, 0.5) is 5.69 Å². The number of ether oxygens (including phenoxy) is 1.